The first-order chi connectivity index (χ1) is 9.22. The number of nitrogens with one attached hydrogen (secondary N) is 1. The van der Waals surface area contributed by atoms with E-state index in [1.807, 2.05) is 18.2 Å². The molecule has 1 fully saturated rings. The van der Waals surface area contributed by atoms with Gasteiger partial charge in [0, 0.05) is 10.4 Å². The third kappa shape index (κ3) is 2.98. The fourth-order valence-electron chi connectivity index (χ4n) is 2.52. The lowest BCUT2D eigenvalue weighted by molar-refractivity contribution is -0.120. The number of aromatic nitrogens is 1. The summed E-state index contributed by atoms with van der Waals surface area (Å²) in [5.74, 6) is 0.310. The van der Waals surface area contributed by atoms with E-state index in [0.29, 0.717) is 5.13 Å². The number of thiazole rings is 1. The molecular weight excluding hydrogens is 324 g/mol. The van der Waals surface area contributed by atoms with Crippen LogP contribution in [0.2, 0.25) is 0 Å². The van der Waals surface area contributed by atoms with Gasteiger partial charge in [-0.1, -0.05) is 46.5 Å². The quantitative estimate of drug-likeness (QED) is 0.870. The topological polar surface area (TPSA) is 42.0 Å². The van der Waals surface area contributed by atoms with Crippen molar-refractivity contribution in [1.82, 2.24) is 4.98 Å². The molecule has 1 amide bonds. The average molecular weight is 339 g/mol. The van der Waals surface area contributed by atoms with Gasteiger partial charge in [0.15, 0.2) is 5.13 Å². The number of hydrogen-bond donors (Lipinski definition) is 1. The molecule has 0 radical (unpaired) electrons. The molecule has 0 atom stereocenters. The van der Waals surface area contributed by atoms with Crippen LogP contribution in [-0.4, -0.2) is 10.9 Å². The highest BCUT2D eigenvalue weighted by atomic mass is 79.9. The lowest BCUT2D eigenvalue weighted by Crippen LogP contribution is -2.24. The minimum Gasteiger partial charge on any atom is -0.302 e. The van der Waals surface area contributed by atoms with E-state index in [-0.39, 0.29) is 11.8 Å². The molecule has 1 aliphatic carbocycles. The van der Waals surface area contributed by atoms with E-state index in [4.69, 9.17) is 0 Å². The van der Waals surface area contributed by atoms with E-state index >= 15 is 0 Å². The fraction of sp³-hybridized carbons (Fsp3) is 0.429. The number of rotatable bonds is 2. The van der Waals surface area contributed by atoms with Crippen molar-refractivity contribution >= 4 is 48.5 Å². The number of hydrogen-bond acceptors (Lipinski definition) is 3. The van der Waals surface area contributed by atoms with Crippen LogP contribution in [0.25, 0.3) is 10.2 Å². The molecule has 1 aromatic carbocycles. The summed E-state index contributed by atoms with van der Waals surface area (Å²) < 4.78 is 2.13. The van der Waals surface area contributed by atoms with Crippen LogP contribution in [0, 0.1) is 5.92 Å². The maximum absolute atomic E-state index is 12.2. The number of anilines is 1. The van der Waals surface area contributed by atoms with Crippen molar-refractivity contribution in [3.05, 3.63) is 22.7 Å². The first-order valence-corrected chi connectivity index (χ1v) is 8.20. The highest BCUT2D eigenvalue weighted by molar-refractivity contribution is 9.10. The van der Waals surface area contributed by atoms with Gasteiger partial charge < -0.3 is 5.32 Å². The summed E-state index contributed by atoms with van der Waals surface area (Å²) >= 11 is 4.98. The van der Waals surface area contributed by atoms with Gasteiger partial charge >= 0.3 is 0 Å². The van der Waals surface area contributed by atoms with E-state index in [2.05, 4.69) is 26.2 Å². The van der Waals surface area contributed by atoms with Crippen LogP contribution < -0.4 is 5.32 Å². The lowest BCUT2D eigenvalue weighted by Gasteiger charge is -2.19. The molecule has 19 heavy (non-hydrogen) atoms. The molecule has 0 unspecified atom stereocenters. The predicted molar refractivity (Wildman–Crippen MR) is 82.5 cm³/mol. The summed E-state index contributed by atoms with van der Waals surface area (Å²) in [5.41, 5.74) is 0.937. The van der Waals surface area contributed by atoms with Crippen LogP contribution in [0.5, 0.6) is 0 Å². The highest BCUT2D eigenvalue weighted by Gasteiger charge is 2.21. The number of benzene rings is 1. The summed E-state index contributed by atoms with van der Waals surface area (Å²) in [5, 5.41) is 3.69. The van der Waals surface area contributed by atoms with Crippen LogP contribution in [0.3, 0.4) is 0 Å². The number of carbonyl (C=O) groups is 1. The van der Waals surface area contributed by atoms with E-state index in [1.54, 1.807) is 0 Å². The summed E-state index contributed by atoms with van der Waals surface area (Å²) in [4.78, 5) is 16.6. The second-order valence-electron chi connectivity index (χ2n) is 4.96. The Morgan fingerprint density at radius 2 is 2.11 bits per heavy atom. The van der Waals surface area contributed by atoms with E-state index in [0.717, 1.165) is 27.5 Å². The molecule has 1 aliphatic rings. The summed E-state index contributed by atoms with van der Waals surface area (Å²) in [7, 11) is 0. The van der Waals surface area contributed by atoms with E-state index in [9.17, 15) is 4.79 Å². The van der Waals surface area contributed by atoms with Crippen molar-refractivity contribution in [3.63, 3.8) is 0 Å². The zero-order valence-electron chi connectivity index (χ0n) is 10.5. The fourth-order valence-corrected chi connectivity index (χ4v) is 3.94. The van der Waals surface area contributed by atoms with Gasteiger partial charge in [-0.05, 0) is 31.0 Å². The Morgan fingerprint density at radius 3 is 2.89 bits per heavy atom. The lowest BCUT2D eigenvalue weighted by atomic mass is 9.89. The second-order valence-corrected chi connectivity index (χ2v) is 6.90. The van der Waals surface area contributed by atoms with Crippen molar-refractivity contribution in [1.29, 1.82) is 0 Å². The van der Waals surface area contributed by atoms with E-state index < -0.39 is 0 Å². The van der Waals surface area contributed by atoms with Crippen LogP contribution in [0.15, 0.2) is 22.7 Å². The Bertz CT molecular complexity index is 605. The molecule has 0 spiro atoms. The van der Waals surface area contributed by atoms with Crippen molar-refractivity contribution in [2.75, 3.05) is 5.32 Å². The van der Waals surface area contributed by atoms with Crippen molar-refractivity contribution in [2.45, 2.75) is 32.1 Å². The van der Waals surface area contributed by atoms with Crippen molar-refractivity contribution in [3.8, 4) is 0 Å². The molecule has 5 heteroatoms. The zero-order valence-corrected chi connectivity index (χ0v) is 12.9. The standard InChI is InChI=1S/C14H15BrN2OS/c15-10-6-7-11-12(8-10)19-14(16-11)17-13(18)9-4-2-1-3-5-9/h6-9H,1-5H2,(H,16,17,18). The smallest absolute Gasteiger partial charge is 0.229 e. The van der Waals surface area contributed by atoms with Gasteiger partial charge in [-0.3, -0.25) is 4.79 Å². The molecule has 1 aromatic heterocycles. The van der Waals surface area contributed by atoms with E-state index in [1.165, 1.54) is 30.6 Å². The van der Waals surface area contributed by atoms with Gasteiger partial charge in [0.05, 0.1) is 10.2 Å². The Kier molecular flexibility index (Phi) is 3.84. The molecule has 0 aliphatic heterocycles. The molecule has 1 saturated carbocycles. The molecular formula is C14H15BrN2OS. The Hall–Kier alpha value is -0.940. The van der Waals surface area contributed by atoms with Gasteiger partial charge in [0.1, 0.15) is 0 Å². The Balaban J connectivity index is 1.75. The molecule has 2 aromatic rings. The first-order valence-electron chi connectivity index (χ1n) is 6.59. The molecule has 100 valence electrons. The summed E-state index contributed by atoms with van der Waals surface area (Å²) in [6.45, 7) is 0. The van der Waals surface area contributed by atoms with Crippen LogP contribution in [-0.2, 0) is 4.79 Å². The highest BCUT2D eigenvalue weighted by Crippen LogP contribution is 2.30. The molecule has 1 N–H and O–H groups in total. The molecule has 0 bridgehead atoms. The zero-order chi connectivity index (χ0) is 13.2. The molecule has 3 rings (SSSR count). The third-order valence-corrected chi connectivity index (χ3v) is 4.98. The maximum Gasteiger partial charge on any atom is 0.229 e. The van der Waals surface area contributed by atoms with Gasteiger partial charge in [0.2, 0.25) is 5.91 Å². The Labute approximate surface area is 124 Å². The second kappa shape index (κ2) is 5.59. The number of amides is 1. The normalized spacial score (nSPS) is 16.7. The first kappa shape index (κ1) is 13.1. The molecule has 3 nitrogen and oxygen atoms in total. The van der Waals surface area contributed by atoms with Crippen LogP contribution >= 0.6 is 27.3 Å². The SMILES string of the molecule is O=C(Nc1nc2ccc(Br)cc2s1)C1CCCCC1. The molecule has 1 heterocycles. The van der Waals surface area contributed by atoms with Gasteiger partial charge in [0.25, 0.3) is 0 Å². The summed E-state index contributed by atoms with van der Waals surface area (Å²) in [6.07, 6.45) is 5.64. The number of nitrogens with zero attached hydrogens (tertiary/aromatic N) is 1. The van der Waals surface area contributed by atoms with Gasteiger partial charge in [-0.25, -0.2) is 4.98 Å². The van der Waals surface area contributed by atoms with Gasteiger partial charge in [-0.15, -0.1) is 0 Å². The monoisotopic (exact) mass is 338 g/mol. The third-order valence-electron chi connectivity index (χ3n) is 3.56. The van der Waals surface area contributed by atoms with Crippen molar-refractivity contribution < 1.29 is 4.79 Å². The number of fused-ring (bicyclic) bond motifs is 1. The minimum absolute atomic E-state index is 0.137. The number of carbonyl (C=O) groups excluding carboxylic acids is 1. The maximum atomic E-state index is 12.2. The molecule has 0 saturated heterocycles. The van der Waals surface area contributed by atoms with Gasteiger partial charge in [-0.2, -0.15) is 0 Å². The average Bonchev–Trinajstić information content (AvgIpc) is 2.81. The summed E-state index contributed by atoms with van der Waals surface area (Å²) in [6, 6.07) is 5.96. The predicted octanol–water partition coefficient (Wildman–Crippen LogP) is 4.58. The number of halogens is 1. The minimum atomic E-state index is 0.137. The van der Waals surface area contributed by atoms with Crippen molar-refractivity contribution in [2.24, 2.45) is 5.92 Å². The van der Waals surface area contributed by atoms with Crippen LogP contribution in [0.4, 0.5) is 5.13 Å². The largest absolute Gasteiger partial charge is 0.302 e. The Morgan fingerprint density at radius 1 is 1.32 bits per heavy atom. The van der Waals surface area contributed by atoms with Crippen LogP contribution in [0.1, 0.15) is 32.1 Å².